The summed E-state index contributed by atoms with van der Waals surface area (Å²) in [6.07, 6.45) is 3.32. The Kier molecular flexibility index (Phi) is 6.03. The Labute approximate surface area is 104 Å². The molecule has 0 aromatic heterocycles. The van der Waals surface area contributed by atoms with Crippen molar-refractivity contribution < 1.29 is 9.13 Å². The number of aryl methyl sites for hydroxylation is 1. The van der Waals surface area contributed by atoms with Crippen molar-refractivity contribution in [3.8, 4) is 5.75 Å². The number of hydrogen-bond donors (Lipinski definition) is 0. The van der Waals surface area contributed by atoms with Gasteiger partial charge in [0.1, 0.15) is 5.75 Å². The summed E-state index contributed by atoms with van der Waals surface area (Å²) < 4.78 is 18.2. The third-order valence-electron chi connectivity index (χ3n) is 2.78. The van der Waals surface area contributed by atoms with Crippen molar-refractivity contribution in [3.63, 3.8) is 0 Å². The zero-order chi connectivity index (χ0) is 12.7. The van der Waals surface area contributed by atoms with E-state index >= 15 is 0 Å². The van der Waals surface area contributed by atoms with Crippen LogP contribution in [-0.4, -0.2) is 13.3 Å². The van der Waals surface area contributed by atoms with E-state index in [-0.39, 0.29) is 5.92 Å². The molecular weight excluding hydrogens is 215 g/mol. The van der Waals surface area contributed by atoms with Gasteiger partial charge in [-0.2, -0.15) is 0 Å². The smallest absolute Gasteiger partial charge is 0.119 e. The Balaban J connectivity index is 2.91. The molecule has 1 radical (unpaired) electrons. The first kappa shape index (κ1) is 14.0. The minimum atomic E-state index is -0.428. The van der Waals surface area contributed by atoms with Gasteiger partial charge in [0.2, 0.25) is 0 Å². The molecule has 0 saturated heterocycles. The van der Waals surface area contributed by atoms with Crippen LogP contribution in [0.1, 0.15) is 43.7 Å². The zero-order valence-corrected chi connectivity index (χ0v) is 10.8. The number of alkyl halides is 1. The van der Waals surface area contributed by atoms with Gasteiger partial charge in [-0.15, -0.1) is 0 Å². The third kappa shape index (κ3) is 4.37. The first-order chi connectivity index (χ1) is 8.21. The van der Waals surface area contributed by atoms with E-state index in [2.05, 4.69) is 19.9 Å². The summed E-state index contributed by atoms with van der Waals surface area (Å²) in [5.74, 6) is 0.536. The Morgan fingerprint density at radius 3 is 2.65 bits per heavy atom. The lowest BCUT2D eigenvalue weighted by molar-refractivity contribution is 0.339. The topological polar surface area (TPSA) is 9.23 Å². The van der Waals surface area contributed by atoms with Crippen LogP contribution < -0.4 is 4.74 Å². The average molecular weight is 237 g/mol. The molecule has 1 aromatic rings. The van der Waals surface area contributed by atoms with Crippen LogP contribution in [0.2, 0.25) is 0 Å². The van der Waals surface area contributed by atoms with E-state index in [9.17, 15) is 4.39 Å². The standard InChI is InChI=1S/C15H22FO/c1-4-6-7-13-8-14(12(3)11-16)10-15(9-13)17-5-2/h8-10,12H,3-7,11H2,1-2H3. The Hall–Kier alpha value is -1.05. The van der Waals surface area contributed by atoms with Crippen LogP contribution in [0.3, 0.4) is 0 Å². The normalized spacial score (nSPS) is 12.5. The first-order valence-corrected chi connectivity index (χ1v) is 6.37. The molecule has 1 unspecified atom stereocenters. The molecule has 0 aliphatic rings. The van der Waals surface area contributed by atoms with E-state index in [1.54, 1.807) is 0 Å². The molecule has 0 aliphatic heterocycles. The van der Waals surface area contributed by atoms with Gasteiger partial charge in [-0.3, -0.25) is 4.39 Å². The van der Waals surface area contributed by atoms with Crippen LogP contribution >= 0.6 is 0 Å². The van der Waals surface area contributed by atoms with Crippen molar-refractivity contribution in [2.75, 3.05) is 13.3 Å². The predicted molar refractivity (Wildman–Crippen MR) is 70.3 cm³/mol. The molecule has 0 heterocycles. The fraction of sp³-hybridized carbons (Fsp3) is 0.533. The van der Waals surface area contributed by atoms with E-state index in [4.69, 9.17) is 4.74 Å². The summed E-state index contributed by atoms with van der Waals surface area (Å²) in [4.78, 5) is 0. The number of hydrogen-bond acceptors (Lipinski definition) is 1. The van der Waals surface area contributed by atoms with Gasteiger partial charge in [0.25, 0.3) is 0 Å². The maximum atomic E-state index is 12.7. The molecule has 0 N–H and O–H groups in total. The van der Waals surface area contributed by atoms with Crippen LogP contribution in [0.5, 0.6) is 5.75 Å². The second kappa shape index (κ2) is 7.31. The number of benzene rings is 1. The fourth-order valence-corrected chi connectivity index (χ4v) is 1.79. The highest BCUT2D eigenvalue weighted by Crippen LogP contribution is 2.24. The summed E-state index contributed by atoms with van der Waals surface area (Å²) in [6.45, 7) is 8.14. The highest BCUT2D eigenvalue weighted by Gasteiger charge is 2.08. The van der Waals surface area contributed by atoms with Crippen molar-refractivity contribution >= 4 is 0 Å². The molecule has 0 saturated carbocycles. The molecule has 0 aliphatic carbocycles. The van der Waals surface area contributed by atoms with E-state index in [1.807, 2.05) is 19.1 Å². The minimum Gasteiger partial charge on any atom is -0.494 e. The van der Waals surface area contributed by atoms with Crippen molar-refractivity contribution in [1.29, 1.82) is 0 Å². The highest BCUT2D eigenvalue weighted by atomic mass is 19.1. The van der Waals surface area contributed by atoms with Gasteiger partial charge in [-0.05, 0) is 49.9 Å². The second-order valence-corrected chi connectivity index (χ2v) is 4.30. The molecule has 95 valence electrons. The van der Waals surface area contributed by atoms with Gasteiger partial charge in [-0.25, -0.2) is 0 Å². The third-order valence-corrected chi connectivity index (χ3v) is 2.78. The highest BCUT2D eigenvalue weighted by molar-refractivity contribution is 5.37. The van der Waals surface area contributed by atoms with Crippen LogP contribution in [0.15, 0.2) is 18.2 Å². The molecule has 0 amide bonds. The molecule has 1 aromatic carbocycles. The summed E-state index contributed by atoms with van der Waals surface area (Å²) in [5, 5.41) is 0. The average Bonchev–Trinajstić information content (AvgIpc) is 2.35. The maximum absolute atomic E-state index is 12.7. The monoisotopic (exact) mass is 237 g/mol. The molecule has 1 rings (SSSR count). The second-order valence-electron chi connectivity index (χ2n) is 4.30. The zero-order valence-electron chi connectivity index (χ0n) is 10.8. The molecule has 0 fully saturated rings. The quantitative estimate of drug-likeness (QED) is 0.686. The molecule has 2 heteroatoms. The van der Waals surface area contributed by atoms with Gasteiger partial charge in [-0.1, -0.05) is 19.4 Å². The summed E-state index contributed by atoms with van der Waals surface area (Å²) in [7, 11) is 0. The van der Waals surface area contributed by atoms with Crippen molar-refractivity contribution in [3.05, 3.63) is 36.2 Å². The van der Waals surface area contributed by atoms with Gasteiger partial charge in [0.15, 0.2) is 0 Å². The van der Waals surface area contributed by atoms with Gasteiger partial charge in [0, 0.05) is 5.92 Å². The predicted octanol–water partition coefficient (Wildman–Crippen LogP) is 4.32. The van der Waals surface area contributed by atoms with E-state index < -0.39 is 6.67 Å². The Morgan fingerprint density at radius 2 is 2.06 bits per heavy atom. The molecule has 17 heavy (non-hydrogen) atoms. The molecule has 0 bridgehead atoms. The van der Waals surface area contributed by atoms with Crippen molar-refractivity contribution in [1.82, 2.24) is 0 Å². The molecule has 1 atom stereocenters. The van der Waals surface area contributed by atoms with E-state index in [1.165, 1.54) is 5.56 Å². The fourth-order valence-electron chi connectivity index (χ4n) is 1.79. The van der Waals surface area contributed by atoms with Crippen LogP contribution in [0.4, 0.5) is 4.39 Å². The van der Waals surface area contributed by atoms with E-state index in [0.717, 1.165) is 30.6 Å². The van der Waals surface area contributed by atoms with Crippen molar-refractivity contribution in [2.24, 2.45) is 0 Å². The number of unbranched alkanes of at least 4 members (excludes halogenated alkanes) is 1. The SMILES string of the molecule is [CH2]C(CF)c1cc(CCCC)cc(OCC)c1. The maximum Gasteiger partial charge on any atom is 0.119 e. The largest absolute Gasteiger partial charge is 0.494 e. The molecular formula is C15H22FO. The summed E-state index contributed by atoms with van der Waals surface area (Å²) in [6, 6.07) is 6.00. The van der Waals surface area contributed by atoms with Crippen LogP contribution in [-0.2, 0) is 6.42 Å². The molecule has 1 nitrogen and oxygen atoms in total. The van der Waals surface area contributed by atoms with Crippen molar-refractivity contribution in [2.45, 2.75) is 39.0 Å². The van der Waals surface area contributed by atoms with Gasteiger partial charge >= 0.3 is 0 Å². The minimum absolute atomic E-state index is 0.296. The van der Waals surface area contributed by atoms with Gasteiger partial charge in [0.05, 0.1) is 13.3 Å². The Bertz CT molecular complexity index is 336. The summed E-state index contributed by atoms with van der Waals surface area (Å²) in [5.41, 5.74) is 2.15. The number of halogens is 1. The lowest BCUT2D eigenvalue weighted by Crippen LogP contribution is -2.00. The summed E-state index contributed by atoms with van der Waals surface area (Å²) >= 11 is 0. The number of ether oxygens (including phenoxy) is 1. The van der Waals surface area contributed by atoms with E-state index in [0.29, 0.717) is 6.61 Å². The first-order valence-electron chi connectivity index (χ1n) is 6.37. The molecule has 0 spiro atoms. The Morgan fingerprint density at radius 1 is 1.29 bits per heavy atom. The lowest BCUT2D eigenvalue weighted by Gasteiger charge is -2.13. The van der Waals surface area contributed by atoms with Crippen LogP contribution in [0, 0.1) is 6.92 Å². The van der Waals surface area contributed by atoms with Crippen LogP contribution in [0.25, 0.3) is 0 Å². The van der Waals surface area contributed by atoms with Gasteiger partial charge < -0.3 is 4.74 Å². The number of rotatable bonds is 7. The lowest BCUT2D eigenvalue weighted by atomic mass is 9.97.